The SMILES string of the molecule is CC1CN(CC(=O)Nc2c(F)cccc2F)CC1N. The quantitative estimate of drug-likeness (QED) is 0.866. The Kier molecular flexibility index (Phi) is 4.11. The minimum atomic E-state index is -0.778. The molecule has 1 fully saturated rings. The molecule has 2 atom stereocenters. The van der Waals surface area contributed by atoms with Gasteiger partial charge in [-0.15, -0.1) is 0 Å². The van der Waals surface area contributed by atoms with E-state index in [-0.39, 0.29) is 12.6 Å². The molecule has 1 amide bonds. The molecule has 0 saturated carbocycles. The zero-order chi connectivity index (χ0) is 14.0. The third-order valence-electron chi connectivity index (χ3n) is 3.34. The van der Waals surface area contributed by atoms with E-state index in [1.165, 1.54) is 6.07 Å². The highest BCUT2D eigenvalue weighted by molar-refractivity contribution is 5.92. The lowest BCUT2D eigenvalue weighted by Gasteiger charge is -2.15. The van der Waals surface area contributed by atoms with Crippen molar-refractivity contribution in [2.24, 2.45) is 11.7 Å². The summed E-state index contributed by atoms with van der Waals surface area (Å²) >= 11 is 0. The molecule has 2 unspecified atom stereocenters. The number of halogens is 2. The number of nitrogens with one attached hydrogen (secondary N) is 1. The highest BCUT2D eigenvalue weighted by Gasteiger charge is 2.27. The van der Waals surface area contributed by atoms with Gasteiger partial charge < -0.3 is 11.1 Å². The van der Waals surface area contributed by atoms with Crippen LogP contribution in [0.2, 0.25) is 0 Å². The number of benzene rings is 1. The summed E-state index contributed by atoms with van der Waals surface area (Å²) in [6.07, 6.45) is 0. The maximum Gasteiger partial charge on any atom is 0.238 e. The molecule has 0 aromatic heterocycles. The molecule has 1 heterocycles. The molecular weight excluding hydrogens is 252 g/mol. The maximum absolute atomic E-state index is 13.4. The van der Waals surface area contributed by atoms with Crippen LogP contribution in [0.25, 0.3) is 0 Å². The van der Waals surface area contributed by atoms with Gasteiger partial charge >= 0.3 is 0 Å². The number of hydrogen-bond acceptors (Lipinski definition) is 3. The number of carbonyl (C=O) groups is 1. The third kappa shape index (κ3) is 3.27. The smallest absolute Gasteiger partial charge is 0.238 e. The van der Waals surface area contributed by atoms with E-state index in [1.54, 1.807) is 0 Å². The predicted molar refractivity (Wildman–Crippen MR) is 68.6 cm³/mol. The van der Waals surface area contributed by atoms with Gasteiger partial charge in [-0.05, 0) is 18.1 Å². The summed E-state index contributed by atoms with van der Waals surface area (Å²) < 4.78 is 26.7. The van der Waals surface area contributed by atoms with Crippen LogP contribution in [-0.4, -0.2) is 36.5 Å². The lowest BCUT2D eigenvalue weighted by Crippen LogP contribution is -2.34. The van der Waals surface area contributed by atoms with Crippen LogP contribution in [0.4, 0.5) is 14.5 Å². The Morgan fingerprint density at radius 2 is 2.05 bits per heavy atom. The van der Waals surface area contributed by atoms with Gasteiger partial charge in [0.2, 0.25) is 5.91 Å². The average molecular weight is 269 g/mol. The third-order valence-corrected chi connectivity index (χ3v) is 3.34. The summed E-state index contributed by atoms with van der Waals surface area (Å²) in [4.78, 5) is 13.6. The summed E-state index contributed by atoms with van der Waals surface area (Å²) in [6, 6.07) is 3.50. The van der Waals surface area contributed by atoms with Crippen molar-refractivity contribution in [3.8, 4) is 0 Å². The molecule has 1 aromatic carbocycles. The van der Waals surface area contributed by atoms with E-state index in [2.05, 4.69) is 5.32 Å². The highest BCUT2D eigenvalue weighted by atomic mass is 19.1. The predicted octanol–water partition coefficient (Wildman–Crippen LogP) is 1.18. The molecule has 2 rings (SSSR count). The first-order valence-corrected chi connectivity index (χ1v) is 6.19. The first-order chi connectivity index (χ1) is 8.97. The number of anilines is 1. The first-order valence-electron chi connectivity index (χ1n) is 6.19. The van der Waals surface area contributed by atoms with Gasteiger partial charge in [0.25, 0.3) is 0 Å². The molecule has 19 heavy (non-hydrogen) atoms. The van der Waals surface area contributed by atoms with Crippen LogP contribution < -0.4 is 11.1 Å². The fourth-order valence-corrected chi connectivity index (χ4v) is 2.22. The Balaban J connectivity index is 1.95. The van der Waals surface area contributed by atoms with Crippen molar-refractivity contribution >= 4 is 11.6 Å². The van der Waals surface area contributed by atoms with E-state index in [0.29, 0.717) is 19.0 Å². The van der Waals surface area contributed by atoms with Crippen LogP contribution in [-0.2, 0) is 4.79 Å². The van der Waals surface area contributed by atoms with Crippen LogP contribution in [0, 0.1) is 17.6 Å². The largest absolute Gasteiger partial charge is 0.326 e. The topological polar surface area (TPSA) is 58.4 Å². The molecule has 1 saturated heterocycles. The Hall–Kier alpha value is -1.53. The molecular formula is C13H17F2N3O. The number of hydrogen-bond donors (Lipinski definition) is 2. The van der Waals surface area contributed by atoms with Crippen molar-refractivity contribution in [2.45, 2.75) is 13.0 Å². The first kappa shape index (κ1) is 13.9. The number of rotatable bonds is 3. The van der Waals surface area contributed by atoms with Gasteiger partial charge in [0.05, 0.1) is 6.54 Å². The molecule has 3 N–H and O–H groups in total. The van der Waals surface area contributed by atoms with Crippen LogP contribution in [0.5, 0.6) is 0 Å². The van der Waals surface area contributed by atoms with E-state index >= 15 is 0 Å². The maximum atomic E-state index is 13.4. The molecule has 1 aliphatic rings. The van der Waals surface area contributed by atoms with Crippen LogP contribution in [0.3, 0.4) is 0 Å². The monoisotopic (exact) mass is 269 g/mol. The number of amides is 1. The van der Waals surface area contributed by atoms with E-state index in [1.807, 2.05) is 11.8 Å². The van der Waals surface area contributed by atoms with Crippen molar-refractivity contribution < 1.29 is 13.6 Å². The molecule has 104 valence electrons. The second-order valence-corrected chi connectivity index (χ2v) is 4.98. The van der Waals surface area contributed by atoms with Crippen molar-refractivity contribution in [2.75, 3.05) is 25.0 Å². The number of nitrogens with two attached hydrogens (primary N) is 1. The zero-order valence-electron chi connectivity index (χ0n) is 10.7. The summed E-state index contributed by atoms with van der Waals surface area (Å²) in [5.41, 5.74) is 5.45. The molecule has 1 aromatic rings. The van der Waals surface area contributed by atoms with Crippen LogP contribution in [0.1, 0.15) is 6.92 Å². The molecule has 0 aliphatic carbocycles. The molecule has 0 spiro atoms. The Labute approximate surface area is 110 Å². The van der Waals surface area contributed by atoms with Crippen LogP contribution in [0.15, 0.2) is 18.2 Å². The molecule has 0 radical (unpaired) electrons. The van der Waals surface area contributed by atoms with E-state index in [9.17, 15) is 13.6 Å². The average Bonchev–Trinajstić information content (AvgIpc) is 2.63. The van der Waals surface area contributed by atoms with Crippen LogP contribution >= 0.6 is 0 Å². The fourth-order valence-electron chi connectivity index (χ4n) is 2.22. The summed E-state index contributed by atoms with van der Waals surface area (Å²) in [5, 5.41) is 2.26. The fraction of sp³-hybridized carbons (Fsp3) is 0.462. The van der Waals surface area contributed by atoms with Gasteiger partial charge in [0.1, 0.15) is 17.3 Å². The number of nitrogens with zero attached hydrogens (tertiary/aromatic N) is 1. The minimum absolute atomic E-state index is 0.0398. The van der Waals surface area contributed by atoms with Crippen molar-refractivity contribution in [1.82, 2.24) is 4.90 Å². The highest BCUT2D eigenvalue weighted by Crippen LogP contribution is 2.18. The van der Waals surface area contributed by atoms with E-state index in [0.717, 1.165) is 12.1 Å². The molecule has 1 aliphatic heterocycles. The van der Waals surface area contributed by atoms with Crippen molar-refractivity contribution in [1.29, 1.82) is 0 Å². The van der Waals surface area contributed by atoms with E-state index < -0.39 is 23.2 Å². The van der Waals surface area contributed by atoms with Gasteiger partial charge in [0, 0.05) is 19.1 Å². The molecule has 0 bridgehead atoms. The number of para-hydroxylation sites is 1. The van der Waals surface area contributed by atoms with Gasteiger partial charge in [-0.1, -0.05) is 13.0 Å². The summed E-state index contributed by atoms with van der Waals surface area (Å²) in [6.45, 7) is 3.44. The molecule has 4 nitrogen and oxygen atoms in total. The van der Waals surface area contributed by atoms with Gasteiger partial charge in [-0.25, -0.2) is 8.78 Å². The zero-order valence-corrected chi connectivity index (χ0v) is 10.7. The molecule has 6 heteroatoms. The van der Waals surface area contributed by atoms with Gasteiger partial charge in [-0.2, -0.15) is 0 Å². The minimum Gasteiger partial charge on any atom is -0.326 e. The Morgan fingerprint density at radius 1 is 1.42 bits per heavy atom. The summed E-state index contributed by atoms with van der Waals surface area (Å²) in [7, 11) is 0. The Bertz CT molecular complexity index is 451. The van der Waals surface area contributed by atoms with E-state index in [4.69, 9.17) is 5.73 Å². The number of likely N-dealkylation sites (tertiary alicyclic amines) is 1. The number of carbonyl (C=O) groups excluding carboxylic acids is 1. The van der Waals surface area contributed by atoms with Gasteiger partial charge in [0.15, 0.2) is 0 Å². The summed E-state index contributed by atoms with van der Waals surface area (Å²) in [5.74, 6) is -1.68. The standard InChI is InChI=1S/C13H17F2N3O/c1-8-5-18(6-11(8)16)7-12(19)17-13-9(14)3-2-4-10(13)15/h2-4,8,11H,5-7,16H2,1H3,(H,17,19). The normalized spacial score (nSPS) is 23.6. The second-order valence-electron chi connectivity index (χ2n) is 4.98. The van der Waals surface area contributed by atoms with Gasteiger partial charge in [-0.3, -0.25) is 9.69 Å². The lowest BCUT2D eigenvalue weighted by molar-refractivity contribution is -0.117. The lowest BCUT2D eigenvalue weighted by atomic mass is 10.1. The second kappa shape index (κ2) is 5.63. The van der Waals surface area contributed by atoms with Crippen molar-refractivity contribution in [3.63, 3.8) is 0 Å². The Morgan fingerprint density at radius 3 is 2.58 bits per heavy atom. The van der Waals surface area contributed by atoms with Crippen molar-refractivity contribution in [3.05, 3.63) is 29.8 Å².